The summed E-state index contributed by atoms with van der Waals surface area (Å²) in [5, 5.41) is 8.59. The molecule has 8 heteroatoms. The molecule has 0 aliphatic carbocycles. The Balaban J connectivity index is 2.33. The molecule has 1 heterocycles. The summed E-state index contributed by atoms with van der Waals surface area (Å²) in [6, 6.07) is 7.65. The highest BCUT2D eigenvalue weighted by molar-refractivity contribution is 7.92. The average molecular weight is 292 g/mol. The molecule has 0 amide bonds. The van der Waals surface area contributed by atoms with Crippen LogP contribution in [-0.4, -0.2) is 13.4 Å². The number of nitrogens with zero attached hydrogens (tertiary/aromatic N) is 2. The molecule has 0 unspecified atom stereocenters. The van der Waals surface area contributed by atoms with Crippen LogP contribution in [0.5, 0.6) is 0 Å². The highest BCUT2D eigenvalue weighted by Crippen LogP contribution is 2.19. The van der Waals surface area contributed by atoms with Crippen LogP contribution in [0.2, 0.25) is 0 Å². The van der Waals surface area contributed by atoms with Gasteiger partial charge < -0.3 is 5.73 Å². The number of rotatable bonds is 3. The first-order chi connectivity index (χ1) is 9.40. The molecule has 102 valence electrons. The Labute approximate surface area is 114 Å². The first kappa shape index (κ1) is 13.8. The zero-order valence-corrected chi connectivity index (χ0v) is 10.9. The molecule has 3 N–H and O–H groups in total. The molecule has 0 atom stereocenters. The molecule has 2 rings (SSSR count). The summed E-state index contributed by atoms with van der Waals surface area (Å²) >= 11 is 0. The predicted octanol–water partition coefficient (Wildman–Crippen LogP) is 1.48. The molecular formula is C12H9FN4O2S. The topological polar surface area (TPSA) is 109 Å². The third-order valence-corrected chi connectivity index (χ3v) is 3.70. The van der Waals surface area contributed by atoms with E-state index in [0.717, 1.165) is 18.3 Å². The molecule has 0 spiro atoms. The number of nitrogen functional groups attached to an aromatic ring is 1. The van der Waals surface area contributed by atoms with E-state index >= 15 is 0 Å². The Morgan fingerprint density at radius 3 is 2.60 bits per heavy atom. The standard InChI is InChI=1S/C12H9FN4O2S/c13-8-3-9(15)5-11(4-8)17-20(18,19)12-2-1-10(6-14)16-7-12/h1-5,7,17H,15H2. The van der Waals surface area contributed by atoms with Gasteiger partial charge in [-0.3, -0.25) is 4.72 Å². The van der Waals surface area contributed by atoms with E-state index in [1.54, 1.807) is 6.07 Å². The predicted molar refractivity (Wildman–Crippen MR) is 70.6 cm³/mol. The van der Waals surface area contributed by atoms with Gasteiger partial charge in [0.1, 0.15) is 22.5 Å². The number of aromatic nitrogens is 1. The molecular weight excluding hydrogens is 283 g/mol. The summed E-state index contributed by atoms with van der Waals surface area (Å²) in [6.07, 6.45) is 1.05. The molecule has 0 aliphatic rings. The van der Waals surface area contributed by atoms with E-state index in [2.05, 4.69) is 9.71 Å². The summed E-state index contributed by atoms with van der Waals surface area (Å²) in [4.78, 5) is 3.52. The van der Waals surface area contributed by atoms with Gasteiger partial charge in [0.2, 0.25) is 0 Å². The van der Waals surface area contributed by atoms with Crippen LogP contribution in [0, 0.1) is 17.1 Å². The van der Waals surface area contributed by atoms with Crippen molar-refractivity contribution in [2.24, 2.45) is 0 Å². The molecule has 0 saturated carbocycles. The van der Waals surface area contributed by atoms with Gasteiger partial charge in [-0.1, -0.05) is 0 Å². The molecule has 2 aromatic rings. The van der Waals surface area contributed by atoms with Crippen molar-refractivity contribution in [2.45, 2.75) is 4.90 Å². The summed E-state index contributed by atoms with van der Waals surface area (Å²) in [7, 11) is -3.92. The lowest BCUT2D eigenvalue weighted by Crippen LogP contribution is -2.13. The van der Waals surface area contributed by atoms with E-state index in [1.165, 1.54) is 18.2 Å². The van der Waals surface area contributed by atoms with Gasteiger partial charge in [-0.05, 0) is 30.3 Å². The minimum absolute atomic E-state index is 0.00635. The number of halogens is 1. The number of nitriles is 1. The zero-order chi connectivity index (χ0) is 14.8. The van der Waals surface area contributed by atoms with E-state index in [0.29, 0.717) is 0 Å². The third-order valence-electron chi connectivity index (χ3n) is 2.33. The maximum Gasteiger partial charge on any atom is 0.263 e. The van der Waals surface area contributed by atoms with Crippen molar-refractivity contribution in [3.8, 4) is 6.07 Å². The first-order valence-electron chi connectivity index (χ1n) is 5.36. The quantitative estimate of drug-likeness (QED) is 0.833. The second kappa shape index (κ2) is 5.14. The Morgan fingerprint density at radius 1 is 1.30 bits per heavy atom. The average Bonchev–Trinajstić information content (AvgIpc) is 2.37. The molecule has 1 aromatic carbocycles. The third kappa shape index (κ3) is 3.02. The maximum absolute atomic E-state index is 13.1. The van der Waals surface area contributed by atoms with E-state index < -0.39 is 15.8 Å². The minimum Gasteiger partial charge on any atom is -0.399 e. The lowest BCUT2D eigenvalue weighted by atomic mass is 10.3. The van der Waals surface area contributed by atoms with Gasteiger partial charge in [-0.2, -0.15) is 5.26 Å². The lowest BCUT2D eigenvalue weighted by Gasteiger charge is -2.08. The molecule has 20 heavy (non-hydrogen) atoms. The monoisotopic (exact) mass is 292 g/mol. The van der Waals surface area contributed by atoms with Crippen molar-refractivity contribution in [3.05, 3.63) is 48.0 Å². The fourth-order valence-corrected chi connectivity index (χ4v) is 2.48. The fraction of sp³-hybridized carbons (Fsp3) is 0. The molecule has 0 saturated heterocycles. The molecule has 1 aromatic heterocycles. The van der Waals surface area contributed by atoms with Gasteiger partial charge in [0.15, 0.2) is 0 Å². The Bertz CT molecular complexity index is 762. The van der Waals surface area contributed by atoms with Crippen LogP contribution in [0.4, 0.5) is 15.8 Å². The van der Waals surface area contributed by atoms with Gasteiger partial charge in [-0.25, -0.2) is 17.8 Å². The summed E-state index contributed by atoms with van der Waals surface area (Å²) in [5.74, 6) is -0.652. The van der Waals surface area contributed by atoms with Crippen LogP contribution in [0.3, 0.4) is 0 Å². The minimum atomic E-state index is -3.92. The molecule has 0 fully saturated rings. The normalized spacial score (nSPS) is 10.8. The van der Waals surface area contributed by atoms with E-state index in [1.807, 2.05) is 0 Å². The zero-order valence-electron chi connectivity index (χ0n) is 10.0. The number of hydrogen-bond donors (Lipinski definition) is 2. The summed E-state index contributed by atoms with van der Waals surface area (Å²) in [5.41, 5.74) is 5.63. The van der Waals surface area contributed by atoms with Gasteiger partial charge in [-0.15, -0.1) is 0 Å². The summed E-state index contributed by atoms with van der Waals surface area (Å²) in [6.45, 7) is 0. The van der Waals surface area contributed by atoms with E-state index in [-0.39, 0.29) is 22.0 Å². The molecule has 0 radical (unpaired) electrons. The summed E-state index contributed by atoms with van der Waals surface area (Å²) < 4.78 is 39.4. The first-order valence-corrected chi connectivity index (χ1v) is 6.84. The molecule has 0 bridgehead atoms. The highest BCUT2D eigenvalue weighted by Gasteiger charge is 2.15. The maximum atomic E-state index is 13.1. The van der Waals surface area contributed by atoms with Crippen molar-refractivity contribution in [2.75, 3.05) is 10.5 Å². The smallest absolute Gasteiger partial charge is 0.263 e. The van der Waals surface area contributed by atoms with Crippen LogP contribution in [0.25, 0.3) is 0 Å². The van der Waals surface area contributed by atoms with Gasteiger partial charge in [0.05, 0.1) is 5.69 Å². The highest BCUT2D eigenvalue weighted by atomic mass is 32.2. The number of pyridine rings is 1. The van der Waals surface area contributed by atoms with Crippen molar-refractivity contribution in [1.29, 1.82) is 5.26 Å². The van der Waals surface area contributed by atoms with Crippen molar-refractivity contribution < 1.29 is 12.8 Å². The van der Waals surface area contributed by atoms with Crippen LogP contribution < -0.4 is 10.5 Å². The Morgan fingerprint density at radius 2 is 2.05 bits per heavy atom. The second-order valence-corrected chi connectivity index (χ2v) is 5.55. The number of benzene rings is 1. The van der Waals surface area contributed by atoms with Crippen LogP contribution in [0.15, 0.2) is 41.4 Å². The van der Waals surface area contributed by atoms with Gasteiger partial charge in [0, 0.05) is 11.9 Å². The fourth-order valence-electron chi connectivity index (χ4n) is 1.49. The van der Waals surface area contributed by atoms with Crippen LogP contribution in [0.1, 0.15) is 5.69 Å². The van der Waals surface area contributed by atoms with E-state index in [9.17, 15) is 12.8 Å². The second-order valence-electron chi connectivity index (χ2n) is 3.87. The van der Waals surface area contributed by atoms with Gasteiger partial charge >= 0.3 is 0 Å². The molecule has 0 aliphatic heterocycles. The number of nitrogens with one attached hydrogen (secondary N) is 1. The Kier molecular flexibility index (Phi) is 3.54. The number of anilines is 2. The van der Waals surface area contributed by atoms with Crippen molar-refractivity contribution in [3.63, 3.8) is 0 Å². The largest absolute Gasteiger partial charge is 0.399 e. The van der Waals surface area contributed by atoms with Crippen molar-refractivity contribution in [1.82, 2.24) is 4.98 Å². The number of sulfonamides is 1. The lowest BCUT2D eigenvalue weighted by molar-refractivity contribution is 0.600. The van der Waals surface area contributed by atoms with Gasteiger partial charge in [0.25, 0.3) is 10.0 Å². The Hall–Kier alpha value is -2.66. The number of nitrogens with two attached hydrogens (primary N) is 1. The van der Waals surface area contributed by atoms with Crippen LogP contribution in [-0.2, 0) is 10.0 Å². The van der Waals surface area contributed by atoms with E-state index in [4.69, 9.17) is 11.0 Å². The van der Waals surface area contributed by atoms with Crippen LogP contribution >= 0.6 is 0 Å². The molecule has 6 nitrogen and oxygen atoms in total. The SMILES string of the molecule is N#Cc1ccc(S(=O)(=O)Nc2cc(N)cc(F)c2)cn1. The number of hydrogen-bond acceptors (Lipinski definition) is 5. The van der Waals surface area contributed by atoms with Crippen molar-refractivity contribution >= 4 is 21.4 Å².